The van der Waals surface area contributed by atoms with Gasteiger partial charge in [-0.1, -0.05) is 58.0 Å². The SMILES string of the molecule is COC1(O)C(C)C1c1c(C)cc(C(C)(C)C)c2ccccc12. The monoisotopic (exact) mass is 298 g/mol. The summed E-state index contributed by atoms with van der Waals surface area (Å²) in [6.07, 6.45) is 0. The average Bonchev–Trinajstić information content (AvgIpc) is 2.99. The predicted octanol–water partition coefficient (Wildman–Crippen LogP) is 4.51. The van der Waals surface area contributed by atoms with Crippen LogP contribution in [0.5, 0.6) is 0 Å². The van der Waals surface area contributed by atoms with Crippen molar-refractivity contribution in [2.75, 3.05) is 7.11 Å². The Kier molecular flexibility index (Phi) is 3.39. The van der Waals surface area contributed by atoms with Gasteiger partial charge < -0.3 is 9.84 Å². The molecule has 0 aliphatic heterocycles. The van der Waals surface area contributed by atoms with Crippen LogP contribution in [0.3, 0.4) is 0 Å². The van der Waals surface area contributed by atoms with Crippen molar-refractivity contribution >= 4 is 10.8 Å². The van der Waals surface area contributed by atoms with Crippen LogP contribution in [0.25, 0.3) is 10.8 Å². The Morgan fingerprint density at radius 2 is 1.73 bits per heavy atom. The van der Waals surface area contributed by atoms with E-state index in [1.165, 1.54) is 27.5 Å². The van der Waals surface area contributed by atoms with E-state index in [2.05, 4.69) is 65.0 Å². The van der Waals surface area contributed by atoms with Gasteiger partial charge in [-0.3, -0.25) is 0 Å². The summed E-state index contributed by atoms with van der Waals surface area (Å²) in [6.45, 7) is 11.0. The molecule has 3 unspecified atom stereocenters. The minimum atomic E-state index is -1.02. The van der Waals surface area contributed by atoms with Crippen molar-refractivity contribution in [2.24, 2.45) is 5.92 Å². The molecule has 2 nitrogen and oxygen atoms in total. The minimum absolute atomic E-state index is 0.0522. The van der Waals surface area contributed by atoms with Gasteiger partial charge in [0.2, 0.25) is 0 Å². The van der Waals surface area contributed by atoms with E-state index >= 15 is 0 Å². The van der Waals surface area contributed by atoms with E-state index in [0.29, 0.717) is 0 Å². The van der Waals surface area contributed by atoms with Crippen LogP contribution in [0.4, 0.5) is 0 Å². The second-order valence-electron chi connectivity index (χ2n) is 7.67. The van der Waals surface area contributed by atoms with Gasteiger partial charge in [0.25, 0.3) is 0 Å². The Balaban J connectivity index is 2.28. The highest BCUT2D eigenvalue weighted by Crippen LogP contribution is 2.59. The number of hydrogen-bond donors (Lipinski definition) is 1. The Morgan fingerprint density at radius 1 is 1.14 bits per heavy atom. The second-order valence-corrected chi connectivity index (χ2v) is 7.67. The summed E-state index contributed by atoms with van der Waals surface area (Å²) < 4.78 is 5.38. The first-order valence-electron chi connectivity index (χ1n) is 8.02. The maximum atomic E-state index is 10.6. The van der Waals surface area contributed by atoms with Crippen LogP contribution >= 0.6 is 0 Å². The molecular formula is C20H26O2. The fourth-order valence-electron chi connectivity index (χ4n) is 3.85. The molecular weight excluding hydrogens is 272 g/mol. The van der Waals surface area contributed by atoms with Crippen molar-refractivity contribution in [1.29, 1.82) is 0 Å². The van der Waals surface area contributed by atoms with Crippen molar-refractivity contribution in [2.45, 2.75) is 51.7 Å². The van der Waals surface area contributed by atoms with Crippen LogP contribution in [0.2, 0.25) is 0 Å². The number of hydrogen-bond acceptors (Lipinski definition) is 2. The van der Waals surface area contributed by atoms with E-state index in [4.69, 9.17) is 4.74 Å². The van der Waals surface area contributed by atoms with Crippen LogP contribution in [-0.2, 0) is 10.2 Å². The van der Waals surface area contributed by atoms with Crippen LogP contribution in [0, 0.1) is 12.8 Å². The fraction of sp³-hybridized carbons (Fsp3) is 0.500. The third kappa shape index (κ3) is 2.09. The van der Waals surface area contributed by atoms with Gasteiger partial charge in [0.15, 0.2) is 5.79 Å². The number of aryl methyl sites for hydroxylation is 1. The lowest BCUT2D eigenvalue weighted by atomic mass is 9.80. The molecule has 1 saturated carbocycles. The fourth-order valence-corrected chi connectivity index (χ4v) is 3.85. The number of benzene rings is 2. The molecule has 0 saturated heterocycles. The first-order valence-corrected chi connectivity index (χ1v) is 8.02. The lowest BCUT2D eigenvalue weighted by Gasteiger charge is -2.24. The van der Waals surface area contributed by atoms with Gasteiger partial charge in [-0.05, 0) is 39.8 Å². The molecule has 0 spiro atoms. The van der Waals surface area contributed by atoms with Crippen molar-refractivity contribution in [1.82, 2.24) is 0 Å². The Hall–Kier alpha value is -1.38. The van der Waals surface area contributed by atoms with Gasteiger partial charge in [0, 0.05) is 18.9 Å². The molecule has 2 aromatic carbocycles. The molecule has 0 bridgehead atoms. The number of rotatable bonds is 2. The average molecular weight is 298 g/mol. The summed E-state index contributed by atoms with van der Waals surface area (Å²) in [4.78, 5) is 0. The molecule has 0 amide bonds. The lowest BCUT2D eigenvalue weighted by molar-refractivity contribution is -0.115. The molecule has 2 heteroatoms. The molecule has 22 heavy (non-hydrogen) atoms. The summed E-state index contributed by atoms with van der Waals surface area (Å²) in [7, 11) is 1.59. The second kappa shape index (κ2) is 4.81. The number of methoxy groups -OCH3 is 1. The first-order chi connectivity index (χ1) is 10.2. The molecule has 118 valence electrons. The summed E-state index contributed by atoms with van der Waals surface area (Å²) in [5.41, 5.74) is 3.93. The molecule has 3 atom stereocenters. The maximum absolute atomic E-state index is 10.6. The number of aliphatic hydroxyl groups is 1. The number of fused-ring (bicyclic) bond motifs is 1. The zero-order valence-corrected chi connectivity index (χ0v) is 14.4. The molecule has 1 N–H and O–H groups in total. The van der Waals surface area contributed by atoms with E-state index in [9.17, 15) is 5.11 Å². The van der Waals surface area contributed by atoms with Crippen molar-refractivity contribution in [3.63, 3.8) is 0 Å². The molecule has 1 aliphatic carbocycles. The highest BCUT2D eigenvalue weighted by atomic mass is 16.6. The van der Waals surface area contributed by atoms with Crippen LogP contribution < -0.4 is 0 Å². The summed E-state index contributed by atoms with van der Waals surface area (Å²) in [5.74, 6) is -0.840. The van der Waals surface area contributed by atoms with Crippen LogP contribution in [-0.4, -0.2) is 18.0 Å². The predicted molar refractivity (Wildman–Crippen MR) is 91.2 cm³/mol. The molecule has 1 fully saturated rings. The largest absolute Gasteiger partial charge is 0.365 e. The molecule has 0 heterocycles. The summed E-state index contributed by atoms with van der Waals surface area (Å²) >= 11 is 0. The van der Waals surface area contributed by atoms with E-state index in [0.717, 1.165) is 0 Å². The lowest BCUT2D eigenvalue weighted by Crippen LogP contribution is -2.16. The Labute approximate surface area is 133 Å². The van der Waals surface area contributed by atoms with Crippen LogP contribution in [0.1, 0.15) is 50.3 Å². The Morgan fingerprint density at radius 3 is 2.23 bits per heavy atom. The molecule has 0 aromatic heterocycles. The maximum Gasteiger partial charge on any atom is 0.175 e. The standard InChI is InChI=1S/C20H26O2/c1-12-11-16(19(3,4)5)14-9-7-8-10-15(14)17(12)18-13(2)20(18,21)22-6/h7-11,13,18,21H,1-6H3. The van der Waals surface area contributed by atoms with Gasteiger partial charge in [0.1, 0.15) is 0 Å². The highest BCUT2D eigenvalue weighted by Gasteiger charge is 2.63. The van der Waals surface area contributed by atoms with Gasteiger partial charge in [-0.25, -0.2) is 0 Å². The molecule has 0 radical (unpaired) electrons. The van der Waals surface area contributed by atoms with Gasteiger partial charge >= 0.3 is 0 Å². The van der Waals surface area contributed by atoms with E-state index in [1.807, 2.05) is 0 Å². The summed E-state index contributed by atoms with van der Waals surface area (Å²) in [5, 5.41) is 13.1. The van der Waals surface area contributed by atoms with Gasteiger partial charge in [0.05, 0.1) is 0 Å². The Bertz CT molecular complexity index is 726. The smallest absolute Gasteiger partial charge is 0.175 e. The zero-order valence-electron chi connectivity index (χ0n) is 14.4. The molecule has 1 aliphatic rings. The van der Waals surface area contributed by atoms with E-state index < -0.39 is 5.79 Å². The van der Waals surface area contributed by atoms with Crippen molar-refractivity contribution in [3.8, 4) is 0 Å². The van der Waals surface area contributed by atoms with Gasteiger partial charge in [-0.15, -0.1) is 0 Å². The quantitative estimate of drug-likeness (QED) is 0.826. The van der Waals surface area contributed by atoms with E-state index in [-0.39, 0.29) is 17.3 Å². The van der Waals surface area contributed by atoms with Gasteiger partial charge in [-0.2, -0.15) is 0 Å². The third-order valence-electron chi connectivity index (χ3n) is 5.23. The third-order valence-corrected chi connectivity index (χ3v) is 5.23. The molecule has 2 aromatic rings. The first kappa shape index (κ1) is 15.5. The highest BCUT2D eigenvalue weighted by molar-refractivity contribution is 5.91. The van der Waals surface area contributed by atoms with Crippen molar-refractivity contribution in [3.05, 3.63) is 47.0 Å². The zero-order chi connectivity index (χ0) is 16.3. The molecule has 3 rings (SSSR count). The van der Waals surface area contributed by atoms with Crippen LogP contribution in [0.15, 0.2) is 30.3 Å². The topological polar surface area (TPSA) is 29.5 Å². The number of ether oxygens (including phenoxy) is 1. The van der Waals surface area contributed by atoms with Crippen molar-refractivity contribution < 1.29 is 9.84 Å². The minimum Gasteiger partial charge on any atom is -0.365 e. The normalized spacial score (nSPS) is 28.1. The summed E-state index contributed by atoms with van der Waals surface area (Å²) in [6, 6.07) is 10.8. The van der Waals surface area contributed by atoms with E-state index in [1.54, 1.807) is 7.11 Å².